The lowest BCUT2D eigenvalue weighted by atomic mass is 9.93. The molecule has 0 bridgehead atoms. The molecule has 2 aliphatic heterocycles. The summed E-state index contributed by atoms with van der Waals surface area (Å²) in [4.78, 5) is 13.8. The summed E-state index contributed by atoms with van der Waals surface area (Å²) >= 11 is 0. The number of hydrogen-bond donors (Lipinski definition) is 1. The van der Waals surface area contributed by atoms with Crippen molar-refractivity contribution in [3.05, 3.63) is 23.8 Å². The molecule has 0 aliphatic carbocycles. The maximum atomic E-state index is 11.8. The molecule has 1 aromatic rings. The first kappa shape index (κ1) is 16.1. The Labute approximate surface area is 137 Å². The third-order valence-electron chi connectivity index (χ3n) is 4.76. The zero-order valence-electron chi connectivity index (χ0n) is 14.0. The molecule has 1 N–H and O–H groups in total. The second-order valence-corrected chi connectivity index (χ2v) is 6.39. The predicted molar refractivity (Wildman–Crippen MR) is 88.7 cm³/mol. The first-order valence-electron chi connectivity index (χ1n) is 8.57. The Morgan fingerprint density at radius 2 is 2.17 bits per heavy atom. The van der Waals surface area contributed by atoms with E-state index in [1.807, 2.05) is 24.0 Å². The molecule has 126 valence electrons. The fourth-order valence-corrected chi connectivity index (χ4v) is 3.41. The van der Waals surface area contributed by atoms with Crippen LogP contribution in [0.2, 0.25) is 0 Å². The SMILES string of the molecule is CCC(=O)N1CC[C@@H](NCc2cccc3c2OCCO3)[C@H](C)C1. The van der Waals surface area contributed by atoms with E-state index in [4.69, 9.17) is 9.47 Å². The minimum atomic E-state index is 0.262. The quantitative estimate of drug-likeness (QED) is 0.924. The molecule has 2 aliphatic rings. The number of amides is 1. The summed E-state index contributed by atoms with van der Waals surface area (Å²) in [7, 11) is 0. The normalized spacial score (nSPS) is 23.7. The van der Waals surface area contributed by atoms with E-state index in [0.29, 0.717) is 31.6 Å². The molecule has 1 saturated heterocycles. The number of hydrogen-bond acceptors (Lipinski definition) is 4. The summed E-state index contributed by atoms with van der Waals surface area (Å²) in [5.41, 5.74) is 1.14. The summed E-state index contributed by atoms with van der Waals surface area (Å²) in [6, 6.07) is 6.48. The van der Waals surface area contributed by atoms with E-state index in [0.717, 1.165) is 43.1 Å². The molecule has 0 radical (unpaired) electrons. The molecule has 23 heavy (non-hydrogen) atoms. The fourth-order valence-electron chi connectivity index (χ4n) is 3.41. The highest BCUT2D eigenvalue weighted by Crippen LogP contribution is 2.33. The number of carbonyl (C=O) groups is 1. The number of likely N-dealkylation sites (tertiary alicyclic amines) is 1. The molecule has 0 saturated carbocycles. The number of ether oxygens (including phenoxy) is 2. The maximum Gasteiger partial charge on any atom is 0.222 e. The van der Waals surface area contributed by atoms with Gasteiger partial charge in [0.15, 0.2) is 11.5 Å². The second-order valence-electron chi connectivity index (χ2n) is 6.39. The van der Waals surface area contributed by atoms with Crippen LogP contribution < -0.4 is 14.8 Å². The van der Waals surface area contributed by atoms with Gasteiger partial charge in [0, 0.05) is 37.7 Å². The van der Waals surface area contributed by atoms with Crippen molar-refractivity contribution < 1.29 is 14.3 Å². The van der Waals surface area contributed by atoms with E-state index in [9.17, 15) is 4.79 Å². The van der Waals surface area contributed by atoms with Gasteiger partial charge >= 0.3 is 0 Å². The van der Waals surface area contributed by atoms with E-state index in [-0.39, 0.29) is 5.91 Å². The molecule has 0 unspecified atom stereocenters. The van der Waals surface area contributed by atoms with Crippen molar-refractivity contribution in [1.29, 1.82) is 0 Å². The van der Waals surface area contributed by atoms with Crippen LogP contribution in [0.25, 0.3) is 0 Å². The highest BCUT2D eigenvalue weighted by molar-refractivity contribution is 5.75. The van der Waals surface area contributed by atoms with Crippen LogP contribution in [0.4, 0.5) is 0 Å². The summed E-state index contributed by atoms with van der Waals surface area (Å²) in [6.07, 6.45) is 1.59. The first-order valence-corrected chi connectivity index (χ1v) is 8.57. The van der Waals surface area contributed by atoms with E-state index < -0.39 is 0 Å². The standard InChI is InChI=1S/C18H26N2O3/c1-3-17(21)20-8-7-15(13(2)12-20)19-11-14-5-4-6-16-18(14)23-10-9-22-16/h4-6,13,15,19H,3,7-12H2,1-2H3/t13-,15-/m1/s1. The van der Waals surface area contributed by atoms with Crippen LogP contribution in [-0.4, -0.2) is 43.2 Å². The number of para-hydroxylation sites is 1. The van der Waals surface area contributed by atoms with Crippen molar-refractivity contribution in [1.82, 2.24) is 10.2 Å². The van der Waals surface area contributed by atoms with Crippen LogP contribution in [0.15, 0.2) is 18.2 Å². The first-order chi connectivity index (χ1) is 11.2. The van der Waals surface area contributed by atoms with Crippen molar-refractivity contribution in [2.75, 3.05) is 26.3 Å². The number of carbonyl (C=O) groups excluding carboxylic acids is 1. The minimum Gasteiger partial charge on any atom is -0.486 e. The van der Waals surface area contributed by atoms with Crippen molar-refractivity contribution in [3.8, 4) is 11.5 Å². The topological polar surface area (TPSA) is 50.8 Å². The molecular weight excluding hydrogens is 292 g/mol. The molecule has 1 amide bonds. The van der Waals surface area contributed by atoms with Gasteiger partial charge < -0.3 is 19.7 Å². The Balaban J connectivity index is 1.58. The Morgan fingerprint density at radius 3 is 2.96 bits per heavy atom. The van der Waals surface area contributed by atoms with Crippen LogP contribution in [0.3, 0.4) is 0 Å². The molecule has 5 heteroatoms. The average Bonchev–Trinajstić information content (AvgIpc) is 2.60. The van der Waals surface area contributed by atoms with E-state index in [2.05, 4.69) is 18.3 Å². The van der Waals surface area contributed by atoms with Gasteiger partial charge in [0.05, 0.1) is 0 Å². The Kier molecular flexibility index (Phi) is 5.06. The lowest BCUT2D eigenvalue weighted by Crippen LogP contribution is -2.49. The monoisotopic (exact) mass is 318 g/mol. The Hall–Kier alpha value is -1.75. The van der Waals surface area contributed by atoms with Crippen molar-refractivity contribution in [2.45, 2.75) is 39.3 Å². The zero-order valence-corrected chi connectivity index (χ0v) is 14.0. The van der Waals surface area contributed by atoms with Crippen molar-refractivity contribution >= 4 is 5.91 Å². The van der Waals surface area contributed by atoms with Gasteiger partial charge in [-0.1, -0.05) is 26.0 Å². The molecule has 0 aromatic heterocycles. The molecule has 2 heterocycles. The summed E-state index contributed by atoms with van der Waals surface area (Å²) in [6.45, 7) is 7.83. The predicted octanol–water partition coefficient (Wildman–Crippen LogP) is 2.19. The number of benzene rings is 1. The van der Waals surface area contributed by atoms with E-state index >= 15 is 0 Å². The van der Waals surface area contributed by atoms with Gasteiger partial charge in [-0.25, -0.2) is 0 Å². The van der Waals surface area contributed by atoms with Crippen LogP contribution >= 0.6 is 0 Å². The number of piperidine rings is 1. The van der Waals surface area contributed by atoms with E-state index in [1.54, 1.807) is 0 Å². The third kappa shape index (κ3) is 3.61. The smallest absolute Gasteiger partial charge is 0.222 e. The largest absolute Gasteiger partial charge is 0.486 e. The van der Waals surface area contributed by atoms with Gasteiger partial charge in [-0.05, 0) is 18.4 Å². The number of fused-ring (bicyclic) bond motifs is 1. The van der Waals surface area contributed by atoms with Gasteiger partial charge in [-0.15, -0.1) is 0 Å². The van der Waals surface area contributed by atoms with Gasteiger partial charge in [0.1, 0.15) is 13.2 Å². The van der Waals surface area contributed by atoms with Crippen molar-refractivity contribution in [3.63, 3.8) is 0 Å². The lowest BCUT2D eigenvalue weighted by molar-refractivity contribution is -0.132. The third-order valence-corrected chi connectivity index (χ3v) is 4.76. The average molecular weight is 318 g/mol. The van der Waals surface area contributed by atoms with Gasteiger partial charge in [-0.2, -0.15) is 0 Å². The van der Waals surface area contributed by atoms with Gasteiger partial charge in [-0.3, -0.25) is 4.79 Å². The van der Waals surface area contributed by atoms with Crippen LogP contribution in [0, 0.1) is 5.92 Å². The molecule has 3 rings (SSSR count). The number of nitrogens with zero attached hydrogens (tertiary/aromatic N) is 1. The molecule has 1 fully saturated rings. The minimum absolute atomic E-state index is 0.262. The molecule has 0 spiro atoms. The van der Waals surface area contributed by atoms with Crippen LogP contribution in [0.5, 0.6) is 11.5 Å². The lowest BCUT2D eigenvalue weighted by Gasteiger charge is -2.37. The molecule has 2 atom stereocenters. The summed E-state index contributed by atoms with van der Waals surface area (Å²) in [5.74, 6) is 2.43. The highest BCUT2D eigenvalue weighted by atomic mass is 16.6. The highest BCUT2D eigenvalue weighted by Gasteiger charge is 2.28. The molecule has 5 nitrogen and oxygen atoms in total. The Bertz CT molecular complexity index is 561. The Morgan fingerprint density at radius 1 is 1.35 bits per heavy atom. The van der Waals surface area contributed by atoms with E-state index in [1.165, 1.54) is 0 Å². The van der Waals surface area contributed by atoms with Crippen LogP contribution in [0.1, 0.15) is 32.3 Å². The molecule has 1 aromatic carbocycles. The summed E-state index contributed by atoms with van der Waals surface area (Å²) < 4.78 is 11.4. The fraction of sp³-hybridized carbons (Fsp3) is 0.611. The van der Waals surface area contributed by atoms with Gasteiger partial charge in [0.2, 0.25) is 5.91 Å². The second kappa shape index (κ2) is 7.21. The molecular formula is C18H26N2O3. The number of rotatable bonds is 4. The zero-order chi connectivity index (χ0) is 16.2. The van der Waals surface area contributed by atoms with Crippen molar-refractivity contribution in [2.24, 2.45) is 5.92 Å². The van der Waals surface area contributed by atoms with Crippen LogP contribution in [-0.2, 0) is 11.3 Å². The summed E-state index contributed by atoms with van der Waals surface area (Å²) in [5, 5.41) is 3.64. The maximum absolute atomic E-state index is 11.8. The number of nitrogens with one attached hydrogen (secondary N) is 1. The van der Waals surface area contributed by atoms with Gasteiger partial charge in [0.25, 0.3) is 0 Å².